The van der Waals surface area contributed by atoms with Crippen molar-refractivity contribution in [1.82, 2.24) is 0 Å². The number of hydrogen-bond acceptors (Lipinski definition) is 3. The first-order valence-corrected chi connectivity index (χ1v) is 10.9. The van der Waals surface area contributed by atoms with Crippen LogP contribution in [-0.2, 0) is 29.4 Å². The maximum atomic E-state index is 12.3. The van der Waals surface area contributed by atoms with Gasteiger partial charge in [0.05, 0.1) is 4.90 Å². The van der Waals surface area contributed by atoms with Gasteiger partial charge in [0.1, 0.15) is 10.1 Å². The Labute approximate surface area is 187 Å². The molecule has 0 aromatic heterocycles. The van der Waals surface area contributed by atoms with Crippen molar-refractivity contribution in [2.75, 3.05) is 0 Å². The molecule has 0 aliphatic carbocycles. The fourth-order valence-electron chi connectivity index (χ4n) is 3.79. The van der Waals surface area contributed by atoms with Crippen molar-refractivity contribution in [3.8, 4) is 0 Å². The maximum Gasteiger partial charge on any atom is 1.00 e. The molecule has 0 saturated carbocycles. The van der Waals surface area contributed by atoms with Gasteiger partial charge in [-0.1, -0.05) is 65.8 Å². The summed E-state index contributed by atoms with van der Waals surface area (Å²) in [5.41, 5.74) is 3.04. The van der Waals surface area contributed by atoms with Gasteiger partial charge in [-0.05, 0) is 64.5 Å². The van der Waals surface area contributed by atoms with Gasteiger partial charge in [0.25, 0.3) is 0 Å². The van der Waals surface area contributed by atoms with Crippen molar-refractivity contribution < 1.29 is 42.5 Å². The smallest absolute Gasteiger partial charge is 0.744 e. The summed E-state index contributed by atoms with van der Waals surface area (Å²) in [6.07, 6.45) is 2.28. The van der Waals surface area contributed by atoms with Crippen molar-refractivity contribution in [3.63, 3.8) is 0 Å². The van der Waals surface area contributed by atoms with Crippen molar-refractivity contribution in [3.05, 3.63) is 41.0 Å². The van der Waals surface area contributed by atoms with E-state index in [-0.39, 0.29) is 40.4 Å². The van der Waals surface area contributed by atoms with Gasteiger partial charge in [0.2, 0.25) is 0 Å². The van der Waals surface area contributed by atoms with E-state index in [1.807, 2.05) is 18.2 Å². The Morgan fingerprint density at radius 3 is 1.59 bits per heavy atom. The zero-order valence-electron chi connectivity index (χ0n) is 17.8. The minimum Gasteiger partial charge on any atom is -0.744 e. The Morgan fingerprint density at radius 1 is 0.741 bits per heavy atom. The number of hydrogen-bond donors (Lipinski definition) is 0. The van der Waals surface area contributed by atoms with Gasteiger partial charge in [0.15, 0.2) is 0 Å². The summed E-state index contributed by atoms with van der Waals surface area (Å²) in [7, 11) is -4.56. The van der Waals surface area contributed by atoms with Crippen LogP contribution in [0.2, 0.25) is 0 Å². The topological polar surface area (TPSA) is 57.2 Å². The molecule has 0 heterocycles. The van der Waals surface area contributed by atoms with E-state index in [0.717, 1.165) is 29.4 Å². The molecule has 0 N–H and O–H groups in total. The van der Waals surface area contributed by atoms with Gasteiger partial charge in [0, 0.05) is 0 Å². The molecule has 27 heavy (non-hydrogen) atoms. The first-order chi connectivity index (χ1) is 12.0. The van der Waals surface area contributed by atoms with Crippen molar-refractivity contribution >= 4 is 20.9 Å². The molecule has 2 rings (SSSR count). The Bertz CT molecular complexity index is 884. The summed E-state index contributed by atoms with van der Waals surface area (Å²) in [6, 6.07) is 7.49. The van der Waals surface area contributed by atoms with E-state index in [1.165, 1.54) is 5.56 Å². The van der Waals surface area contributed by atoms with E-state index < -0.39 is 10.1 Å². The molecule has 0 radical (unpaired) electrons. The average Bonchev–Trinajstić information content (AvgIpc) is 2.48. The largest absolute Gasteiger partial charge is 1.00 e. The van der Waals surface area contributed by atoms with E-state index in [9.17, 15) is 13.0 Å². The molecule has 0 aliphatic heterocycles. The zero-order chi connectivity index (χ0) is 19.6. The fraction of sp³-hybridized carbons (Fsp3) is 0.545. The first kappa shape index (κ1) is 24.6. The summed E-state index contributed by atoms with van der Waals surface area (Å²) in [5, 5.41) is 1.50. The molecule has 0 spiro atoms. The van der Waals surface area contributed by atoms with Crippen LogP contribution in [0.25, 0.3) is 10.8 Å². The monoisotopic (exact) mass is 398 g/mol. The quantitative estimate of drug-likeness (QED) is 0.531. The fourth-order valence-corrected chi connectivity index (χ4v) is 4.75. The molecule has 5 heteroatoms. The molecule has 2 aromatic carbocycles. The molecule has 2 aromatic rings. The van der Waals surface area contributed by atoms with Crippen LogP contribution in [0.3, 0.4) is 0 Å². The summed E-state index contributed by atoms with van der Waals surface area (Å²) in [5.74, 6) is 1.11. The van der Waals surface area contributed by atoms with Crippen LogP contribution in [0.5, 0.6) is 0 Å². The standard InChI is InChI=1S/C22H32O3S.Na/c1-14(2)11-19-17-9-7-8-10-18(17)22(26(23,24)25)21(13-16(5)6)20(19)12-15(3)4;/h7-10,14-16H,11-13H2,1-6H3,(H,23,24,25);/q;+1/p-1. The number of benzene rings is 2. The first-order valence-electron chi connectivity index (χ1n) is 9.53. The summed E-state index contributed by atoms with van der Waals surface area (Å²) >= 11 is 0. The Hall–Kier alpha value is -0.390. The van der Waals surface area contributed by atoms with E-state index in [1.54, 1.807) is 6.07 Å². The minimum absolute atomic E-state index is 0. The molecule has 0 fully saturated rings. The van der Waals surface area contributed by atoms with E-state index in [4.69, 9.17) is 0 Å². The number of rotatable bonds is 7. The zero-order valence-corrected chi connectivity index (χ0v) is 20.6. The Morgan fingerprint density at radius 2 is 1.15 bits per heavy atom. The third kappa shape index (κ3) is 6.04. The number of fused-ring (bicyclic) bond motifs is 1. The molecule has 0 atom stereocenters. The second kappa shape index (κ2) is 9.89. The minimum atomic E-state index is -4.56. The average molecular weight is 399 g/mol. The van der Waals surface area contributed by atoms with E-state index >= 15 is 0 Å². The molecule has 144 valence electrons. The molecule has 3 nitrogen and oxygen atoms in total. The predicted octanol–water partition coefficient (Wildman–Crippen LogP) is 2.34. The third-order valence-electron chi connectivity index (χ3n) is 4.59. The van der Waals surface area contributed by atoms with E-state index in [2.05, 4.69) is 41.5 Å². The SMILES string of the molecule is CC(C)Cc1c(CC(C)C)c(S(=O)(=O)[O-])c2ccccc2c1CC(C)C.[Na+]. The molecule has 0 unspecified atom stereocenters. The summed E-state index contributed by atoms with van der Waals surface area (Å²) < 4.78 is 36.8. The van der Waals surface area contributed by atoms with Crippen molar-refractivity contribution in [1.29, 1.82) is 0 Å². The van der Waals surface area contributed by atoms with Gasteiger partial charge in [-0.2, -0.15) is 0 Å². The van der Waals surface area contributed by atoms with Crippen LogP contribution in [0.1, 0.15) is 58.2 Å². The van der Waals surface area contributed by atoms with Gasteiger partial charge in [-0.3, -0.25) is 0 Å². The van der Waals surface area contributed by atoms with Gasteiger partial charge in [-0.25, -0.2) is 8.42 Å². The Kier molecular flexibility index (Phi) is 9.02. The maximum absolute atomic E-state index is 12.3. The third-order valence-corrected chi connectivity index (χ3v) is 5.55. The summed E-state index contributed by atoms with van der Waals surface area (Å²) in [4.78, 5) is 0.00459. The second-order valence-electron chi connectivity index (χ2n) is 8.56. The van der Waals surface area contributed by atoms with E-state index in [0.29, 0.717) is 23.6 Å². The molecule has 0 saturated heterocycles. The molecular weight excluding hydrogens is 367 g/mol. The van der Waals surface area contributed by atoms with Crippen molar-refractivity contribution in [2.24, 2.45) is 17.8 Å². The van der Waals surface area contributed by atoms with Crippen molar-refractivity contribution in [2.45, 2.75) is 65.7 Å². The molecule has 0 amide bonds. The van der Waals surface area contributed by atoms with Crippen LogP contribution in [-0.4, -0.2) is 13.0 Å². The summed E-state index contributed by atoms with van der Waals surface area (Å²) in [6.45, 7) is 12.8. The molecule has 0 bridgehead atoms. The van der Waals surface area contributed by atoms with Crippen LogP contribution < -0.4 is 29.6 Å². The van der Waals surface area contributed by atoms with Crippen LogP contribution in [0.15, 0.2) is 29.2 Å². The molecular formula is C22H31NaO3S. The van der Waals surface area contributed by atoms with Crippen LogP contribution in [0.4, 0.5) is 0 Å². The van der Waals surface area contributed by atoms with Crippen LogP contribution in [0, 0.1) is 17.8 Å². The second-order valence-corrected chi connectivity index (χ2v) is 9.87. The predicted molar refractivity (Wildman–Crippen MR) is 108 cm³/mol. The van der Waals surface area contributed by atoms with Crippen LogP contribution >= 0.6 is 0 Å². The molecule has 0 aliphatic rings. The van der Waals surface area contributed by atoms with Gasteiger partial charge >= 0.3 is 29.6 Å². The van der Waals surface area contributed by atoms with Gasteiger partial charge < -0.3 is 4.55 Å². The Balaban J connectivity index is 0.00000364. The normalized spacial score (nSPS) is 12.2. The van der Waals surface area contributed by atoms with Gasteiger partial charge in [-0.15, -0.1) is 0 Å².